The third-order valence-electron chi connectivity index (χ3n) is 10.7. The largest absolute Gasteiger partial charge is 0.463 e. The number of benzene rings is 2. The van der Waals surface area contributed by atoms with Crippen LogP contribution in [0.25, 0.3) is 11.3 Å². The van der Waals surface area contributed by atoms with Crippen molar-refractivity contribution in [3.05, 3.63) is 95.3 Å². The van der Waals surface area contributed by atoms with Crippen molar-refractivity contribution in [1.29, 1.82) is 0 Å². The second-order valence-corrected chi connectivity index (χ2v) is 15.8. The molecule has 2 fully saturated rings. The Morgan fingerprint density at radius 2 is 1.07 bits per heavy atom. The Labute approximate surface area is 335 Å². The van der Waals surface area contributed by atoms with Crippen LogP contribution < -0.4 is 30.7 Å². The van der Waals surface area contributed by atoms with Crippen LogP contribution in [0.5, 0.6) is 12.0 Å². The smallest absolute Gasteiger partial charge is 0.322 e. The molecule has 0 amide bonds. The van der Waals surface area contributed by atoms with E-state index in [0.29, 0.717) is 48.3 Å². The number of hydrogen-bond acceptors (Lipinski definition) is 12. The van der Waals surface area contributed by atoms with Gasteiger partial charge in [0.1, 0.15) is 6.10 Å². The summed E-state index contributed by atoms with van der Waals surface area (Å²) in [5, 5.41) is 22.8. The maximum absolute atomic E-state index is 6.15. The van der Waals surface area contributed by atoms with Gasteiger partial charge in [0.05, 0.1) is 31.1 Å². The van der Waals surface area contributed by atoms with Gasteiger partial charge in [-0.15, -0.1) is 0 Å². The van der Waals surface area contributed by atoms with Crippen molar-refractivity contribution in [1.82, 2.24) is 49.8 Å². The Morgan fingerprint density at radius 1 is 0.614 bits per heavy atom. The van der Waals surface area contributed by atoms with Crippen molar-refractivity contribution in [2.75, 3.05) is 43.4 Å². The van der Waals surface area contributed by atoms with Gasteiger partial charge in [-0.05, 0) is 94.6 Å². The summed E-state index contributed by atoms with van der Waals surface area (Å²) in [5.41, 5.74) is 6.16. The van der Waals surface area contributed by atoms with E-state index < -0.39 is 0 Å². The molecular weight excluding hydrogens is 717 g/mol. The third-order valence-corrected chi connectivity index (χ3v) is 10.7. The predicted octanol–water partition coefficient (Wildman–Crippen LogP) is 7.35. The van der Waals surface area contributed by atoms with Crippen LogP contribution in [0, 0.1) is 5.92 Å². The predicted molar refractivity (Wildman–Crippen MR) is 224 cm³/mol. The van der Waals surface area contributed by atoms with Crippen molar-refractivity contribution < 1.29 is 9.47 Å². The SMILES string of the molecule is CC(C)c1cnn2c(N[C@@H](C)c3ccccc3)nc(OC3CCNCC3)nc12.CC(C)c1cnn2c(N[C@@H](C)c3ccccc3)nc(OCC3CCNCC3)nc12. The van der Waals surface area contributed by atoms with Crippen molar-refractivity contribution in [3.8, 4) is 12.0 Å². The molecule has 0 bridgehead atoms. The second-order valence-electron chi connectivity index (χ2n) is 15.8. The van der Waals surface area contributed by atoms with Crippen molar-refractivity contribution in [2.24, 2.45) is 5.92 Å². The normalized spacial score (nSPS) is 16.4. The first-order valence-electron chi connectivity index (χ1n) is 20.6. The molecule has 4 aromatic heterocycles. The lowest BCUT2D eigenvalue weighted by atomic mass is 9.99. The van der Waals surface area contributed by atoms with Gasteiger partial charge in [0.2, 0.25) is 11.9 Å². The van der Waals surface area contributed by atoms with Crippen LogP contribution in [0.15, 0.2) is 73.1 Å². The van der Waals surface area contributed by atoms with E-state index in [1.807, 2.05) is 48.8 Å². The molecule has 2 aliphatic heterocycles. The van der Waals surface area contributed by atoms with Gasteiger partial charge >= 0.3 is 12.0 Å². The minimum absolute atomic E-state index is 0.0812. The van der Waals surface area contributed by atoms with E-state index in [-0.39, 0.29) is 18.2 Å². The molecule has 0 aliphatic carbocycles. The summed E-state index contributed by atoms with van der Waals surface area (Å²) >= 11 is 0. The Bertz CT molecular complexity index is 2160. The first kappa shape index (κ1) is 39.9. The molecule has 2 atom stereocenters. The molecule has 8 rings (SSSR count). The molecule has 6 heterocycles. The van der Waals surface area contributed by atoms with Gasteiger partial charge in [0.25, 0.3) is 0 Å². The minimum atomic E-state index is 0.0812. The zero-order valence-electron chi connectivity index (χ0n) is 34.2. The van der Waals surface area contributed by atoms with Crippen molar-refractivity contribution >= 4 is 23.2 Å². The number of ether oxygens (including phenoxy) is 2. The molecule has 14 nitrogen and oxygen atoms in total. The first-order valence-corrected chi connectivity index (χ1v) is 20.6. The summed E-state index contributed by atoms with van der Waals surface area (Å²) in [7, 11) is 0. The fraction of sp³-hybridized carbons (Fsp3) is 0.488. The Morgan fingerprint density at radius 3 is 1.56 bits per heavy atom. The highest BCUT2D eigenvalue weighted by Gasteiger charge is 2.22. The van der Waals surface area contributed by atoms with Gasteiger partial charge < -0.3 is 30.7 Å². The molecule has 302 valence electrons. The summed E-state index contributed by atoms with van der Waals surface area (Å²) in [6, 6.07) is 21.6. The van der Waals surface area contributed by atoms with E-state index in [1.54, 1.807) is 9.03 Å². The van der Waals surface area contributed by atoms with E-state index >= 15 is 0 Å². The number of anilines is 2. The zero-order chi connectivity index (χ0) is 39.7. The fourth-order valence-electron chi connectivity index (χ4n) is 7.21. The molecule has 6 aromatic rings. The number of fused-ring (bicyclic) bond motifs is 2. The van der Waals surface area contributed by atoms with Crippen LogP contribution in [0.2, 0.25) is 0 Å². The standard InChI is InChI=1S/C22H30N6O.C21H28N6O/c1-15(2)19-13-24-28-20(19)26-22(29-14-17-9-11-23-12-10-17)27-21(28)25-16(3)18-7-5-4-6-8-18;1-14(2)18-13-23-27-19(18)25-21(28-17-9-11-22-12-10-17)26-20(27)24-15(3)16-7-5-4-6-8-16/h4-8,13,15-17,23H,9-12,14H2,1-3H3,(H,25,26,27);4-8,13-15,17,22H,9-12H2,1-3H3,(H,24,25,26)/t16-;15-/m00/s1. The second kappa shape index (κ2) is 18.7. The Hall–Kier alpha value is -5.34. The summed E-state index contributed by atoms with van der Waals surface area (Å²) < 4.78 is 15.8. The molecular formula is C43H58N12O2. The Balaban J connectivity index is 0.000000174. The lowest BCUT2D eigenvalue weighted by Crippen LogP contribution is -2.34. The van der Waals surface area contributed by atoms with Crippen LogP contribution in [0.3, 0.4) is 0 Å². The molecule has 2 aliphatic rings. The molecule has 0 radical (unpaired) electrons. The highest BCUT2D eigenvalue weighted by molar-refractivity contribution is 5.54. The molecule has 2 saturated heterocycles. The van der Waals surface area contributed by atoms with Gasteiger partial charge in [-0.3, -0.25) is 0 Å². The number of rotatable bonds is 13. The highest BCUT2D eigenvalue weighted by Crippen LogP contribution is 2.28. The lowest BCUT2D eigenvalue weighted by molar-refractivity contribution is 0.149. The molecule has 57 heavy (non-hydrogen) atoms. The monoisotopic (exact) mass is 774 g/mol. The van der Waals surface area contributed by atoms with E-state index in [1.165, 1.54) is 11.1 Å². The average molecular weight is 775 g/mol. The topological polar surface area (TPSA) is 153 Å². The maximum Gasteiger partial charge on any atom is 0.322 e. The van der Waals surface area contributed by atoms with Crippen LogP contribution >= 0.6 is 0 Å². The van der Waals surface area contributed by atoms with Crippen LogP contribution in [-0.4, -0.2) is 78.1 Å². The van der Waals surface area contributed by atoms with E-state index in [2.05, 4.69) is 107 Å². The first-order chi connectivity index (χ1) is 27.7. The van der Waals surface area contributed by atoms with E-state index in [0.717, 1.165) is 74.3 Å². The summed E-state index contributed by atoms with van der Waals surface area (Å²) in [4.78, 5) is 18.7. The summed E-state index contributed by atoms with van der Waals surface area (Å²) in [6.07, 6.45) is 8.09. The third kappa shape index (κ3) is 9.98. The van der Waals surface area contributed by atoms with Gasteiger partial charge in [0.15, 0.2) is 11.3 Å². The van der Waals surface area contributed by atoms with Gasteiger partial charge in [-0.2, -0.15) is 39.2 Å². The average Bonchev–Trinajstić information content (AvgIpc) is 3.87. The molecule has 14 heteroatoms. The Kier molecular flexibility index (Phi) is 13.1. The lowest BCUT2D eigenvalue weighted by Gasteiger charge is -2.23. The molecule has 2 aromatic carbocycles. The number of aromatic nitrogens is 8. The van der Waals surface area contributed by atoms with E-state index in [9.17, 15) is 0 Å². The zero-order valence-corrected chi connectivity index (χ0v) is 34.2. The summed E-state index contributed by atoms with van der Waals surface area (Å²) in [6.45, 7) is 17.5. The van der Waals surface area contributed by atoms with Gasteiger partial charge in [-0.1, -0.05) is 88.4 Å². The van der Waals surface area contributed by atoms with E-state index in [4.69, 9.17) is 19.4 Å². The molecule has 0 unspecified atom stereocenters. The fourth-order valence-corrected chi connectivity index (χ4v) is 7.21. The van der Waals surface area contributed by atoms with Crippen LogP contribution in [-0.2, 0) is 0 Å². The molecule has 0 spiro atoms. The number of hydrogen-bond donors (Lipinski definition) is 4. The van der Waals surface area contributed by atoms with Crippen molar-refractivity contribution in [2.45, 2.75) is 97.2 Å². The number of nitrogens with one attached hydrogen (secondary N) is 4. The maximum atomic E-state index is 6.15. The number of piperidine rings is 2. The minimum Gasteiger partial charge on any atom is -0.463 e. The molecule has 0 saturated carbocycles. The van der Waals surface area contributed by atoms with Crippen LogP contribution in [0.1, 0.15) is 113 Å². The van der Waals surface area contributed by atoms with Crippen LogP contribution in [0.4, 0.5) is 11.9 Å². The van der Waals surface area contributed by atoms with Gasteiger partial charge in [0, 0.05) is 11.1 Å². The number of nitrogens with zero attached hydrogens (tertiary/aromatic N) is 8. The quantitative estimate of drug-likeness (QED) is 0.0928. The summed E-state index contributed by atoms with van der Waals surface area (Å²) in [5.74, 6) is 2.48. The molecule has 4 N–H and O–H groups in total. The van der Waals surface area contributed by atoms with Crippen molar-refractivity contribution in [3.63, 3.8) is 0 Å². The highest BCUT2D eigenvalue weighted by atomic mass is 16.5. The van der Waals surface area contributed by atoms with Gasteiger partial charge in [-0.25, -0.2) is 0 Å².